The van der Waals surface area contributed by atoms with Gasteiger partial charge in [0.05, 0.1) is 31.3 Å². The molecule has 1 aromatic rings. The number of likely N-dealkylation sites (tertiary alicyclic amines) is 1. The molecule has 0 bridgehead atoms. The van der Waals surface area contributed by atoms with E-state index in [-0.39, 0.29) is 49.3 Å². The highest BCUT2D eigenvalue weighted by atomic mass is 16.6. The second-order valence-electron chi connectivity index (χ2n) is 7.01. The smallest absolute Gasteiger partial charge is 0.430 e. The number of primary amides is 1. The third kappa shape index (κ3) is 4.03. The zero-order chi connectivity index (χ0) is 20.6. The first-order chi connectivity index (χ1) is 13.1. The predicted octanol–water partition coefficient (Wildman–Crippen LogP) is -1.96. The minimum absolute atomic E-state index is 0.00159. The molecule has 2 heterocycles. The van der Waals surface area contributed by atoms with E-state index in [9.17, 15) is 29.5 Å². The van der Waals surface area contributed by atoms with Crippen molar-refractivity contribution < 1.29 is 38.9 Å². The van der Waals surface area contributed by atoms with Crippen LogP contribution in [-0.2, 0) is 16.0 Å². The Morgan fingerprint density at radius 1 is 1.32 bits per heavy atom. The zero-order valence-corrected chi connectivity index (χ0v) is 14.9. The highest BCUT2D eigenvalue weighted by molar-refractivity contribution is 6.59. The number of carbonyl (C=O) groups is 3. The fourth-order valence-corrected chi connectivity index (χ4v) is 3.24. The summed E-state index contributed by atoms with van der Waals surface area (Å²) < 4.78 is 10.8. The van der Waals surface area contributed by atoms with Crippen LogP contribution in [-0.4, -0.2) is 69.8 Å². The number of ether oxygens (including phenoxy) is 1. The van der Waals surface area contributed by atoms with Gasteiger partial charge in [-0.2, -0.15) is 0 Å². The summed E-state index contributed by atoms with van der Waals surface area (Å²) in [6.45, 7) is -2.80. The van der Waals surface area contributed by atoms with Crippen LogP contribution in [0.4, 0.5) is 0 Å². The number of aryl methyl sites for hydroxylation is 1. The first-order valence-corrected chi connectivity index (χ1v) is 8.75. The minimum atomic E-state index is -3.13. The molecule has 0 saturated carbocycles. The predicted molar refractivity (Wildman–Crippen MR) is 95.5 cm³/mol. The Balaban J connectivity index is 1.70. The highest BCUT2D eigenvalue weighted by Crippen LogP contribution is 2.38. The third-order valence-electron chi connectivity index (χ3n) is 4.70. The van der Waals surface area contributed by atoms with Crippen LogP contribution < -0.4 is 20.9 Å². The molecule has 2 aliphatic rings. The molecule has 1 fully saturated rings. The summed E-state index contributed by atoms with van der Waals surface area (Å²) in [5, 5.41) is 29.0. The van der Waals surface area contributed by atoms with Crippen molar-refractivity contribution in [2.24, 2.45) is 11.5 Å². The maximum absolute atomic E-state index is 12.1. The monoisotopic (exact) mass is 394 g/mol. The molecule has 1 atom stereocenters. The van der Waals surface area contributed by atoms with Gasteiger partial charge < -0.3 is 40.9 Å². The van der Waals surface area contributed by atoms with Gasteiger partial charge in [-0.25, -0.2) is 4.79 Å². The number of nitrogens with two attached hydrogens (primary N) is 2. The molecule has 152 valence electrons. The molecule has 0 aliphatic carbocycles. The number of amides is 2. The number of carbonyl (C=O) groups excluding carboxylic acids is 2. The van der Waals surface area contributed by atoms with Crippen molar-refractivity contribution in [3.8, 4) is 11.5 Å². The molecular weight excluding hydrogens is 373 g/mol. The molecule has 28 heavy (non-hydrogen) atoms. The molecule has 1 unspecified atom stereocenters. The Hall–Kier alpha value is -2.83. The normalized spacial score (nSPS) is 19.0. The van der Waals surface area contributed by atoms with E-state index in [1.165, 1.54) is 11.0 Å². The Kier molecular flexibility index (Phi) is 5.19. The number of aromatic carboxylic acids is 1. The number of benzene rings is 1. The van der Waals surface area contributed by atoms with E-state index >= 15 is 0 Å². The van der Waals surface area contributed by atoms with E-state index in [0.29, 0.717) is 5.56 Å². The SMILES string of the molecule is NC(=O)CC(N)C(=O)N1CC(Oc2ccc3c(c2C(=O)O)O[B-](O)(O)CC3)C1. The second kappa shape index (κ2) is 7.30. The lowest BCUT2D eigenvalue weighted by Gasteiger charge is -2.41. The number of nitrogens with zero attached hydrogens (tertiary/aromatic N) is 1. The van der Waals surface area contributed by atoms with Crippen LogP contribution in [0.1, 0.15) is 22.3 Å². The molecule has 1 aromatic carbocycles. The Bertz CT molecular complexity index is 824. The number of carboxylic acids is 1. The van der Waals surface area contributed by atoms with Gasteiger partial charge in [0.1, 0.15) is 17.4 Å². The molecular formula is C16H21BN3O8-. The van der Waals surface area contributed by atoms with Crippen molar-refractivity contribution in [2.45, 2.75) is 31.3 Å². The molecule has 7 N–H and O–H groups in total. The largest absolute Gasteiger partial charge is 0.669 e. The molecule has 0 radical (unpaired) electrons. The van der Waals surface area contributed by atoms with Crippen molar-refractivity contribution in [2.75, 3.05) is 13.1 Å². The van der Waals surface area contributed by atoms with Crippen LogP contribution in [0, 0.1) is 0 Å². The van der Waals surface area contributed by atoms with Gasteiger partial charge in [0.15, 0.2) is 0 Å². The van der Waals surface area contributed by atoms with Gasteiger partial charge in [0, 0.05) is 0 Å². The molecule has 2 aliphatic heterocycles. The van der Waals surface area contributed by atoms with Crippen LogP contribution in [0.25, 0.3) is 0 Å². The lowest BCUT2D eigenvalue weighted by molar-refractivity contribution is -0.142. The van der Waals surface area contributed by atoms with Gasteiger partial charge in [-0.15, -0.1) is 0 Å². The maximum atomic E-state index is 12.1. The minimum Gasteiger partial charge on any atom is -0.669 e. The lowest BCUT2D eigenvalue weighted by atomic mass is 9.70. The fourth-order valence-electron chi connectivity index (χ4n) is 3.24. The molecule has 0 spiro atoms. The van der Waals surface area contributed by atoms with Gasteiger partial charge in [0.2, 0.25) is 11.8 Å². The summed E-state index contributed by atoms with van der Waals surface area (Å²) in [6.07, 6.45) is -0.523. The van der Waals surface area contributed by atoms with E-state index in [0.717, 1.165) is 0 Å². The molecule has 0 aromatic heterocycles. The number of hydrogen-bond acceptors (Lipinski definition) is 8. The van der Waals surface area contributed by atoms with E-state index < -0.39 is 36.7 Å². The quantitative estimate of drug-likeness (QED) is 0.341. The van der Waals surface area contributed by atoms with Crippen LogP contribution in [0.2, 0.25) is 6.32 Å². The second-order valence-corrected chi connectivity index (χ2v) is 7.01. The van der Waals surface area contributed by atoms with Gasteiger partial charge in [-0.3, -0.25) is 9.59 Å². The molecule has 2 amide bonds. The summed E-state index contributed by atoms with van der Waals surface area (Å²) in [7, 11) is 0. The molecule has 12 heteroatoms. The molecule has 3 rings (SSSR count). The van der Waals surface area contributed by atoms with Gasteiger partial charge >= 0.3 is 12.7 Å². The van der Waals surface area contributed by atoms with Crippen LogP contribution in [0.5, 0.6) is 11.5 Å². The molecule has 1 saturated heterocycles. The van der Waals surface area contributed by atoms with Gasteiger partial charge in [-0.1, -0.05) is 12.4 Å². The Morgan fingerprint density at radius 2 is 2.00 bits per heavy atom. The van der Waals surface area contributed by atoms with Crippen molar-refractivity contribution >= 4 is 24.5 Å². The van der Waals surface area contributed by atoms with Gasteiger partial charge in [-0.05, 0) is 18.1 Å². The molecule has 11 nitrogen and oxygen atoms in total. The Morgan fingerprint density at radius 3 is 2.61 bits per heavy atom. The number of carboxylic acid groups (broad SMARTS) is 1. The van der Waals surface area contributed by atoms with Crippen LogP contribution in [0.3, 0.4) is 0 Å². The zero-order valence-electron chi connectivity index (χ0n) is 14.9. The Labute approximate surface area is 159 Å². The van der Waals surface area contributed by atoms with E-state index in [4.69, 9.17) is 20.9 Å². The maximum Gasteiger partial charge on any atom is 0.430 e. The van der Waals surface area contributed by atoms with E-state index in [1.807, 2.05) is 0 Å². The fraction of sp³-hybridized carbons (Fsp3) is 0.438. The van der Waals surface area contributed by atoms with Crippen LogP contribution in [0.15, 0.2) is 12.1 Å². The van der Waals surface area contributed by atoms with Crippen molar-refractivity contribution in [1.29, 1.82) is 0 Å². The van der Waals surface area contributed by atoms with Crippen LogP contribution >= 0.6 is 0 Å². The summed E-state index contributed by atoms with van der Waals surface area (Å²) in [5.74, 6) is -2.59. The first-order valence-electron chi connectivity index (χ1n) is 8.75. The van der Waals surface area contributed by atoms with Crippen molar-refractivity contribution in [1.82, 2.24) is 4.90 Å². The van der Waals surface area contributed by atoms with Crippen molar-refractivity contribution in [3.63, 3.8) is 0 Å². The van der Waals surface area contributed by atoms with E-state index in [2.05, 4.69) is 0 Å². The number of rotatable bonds is 6. The lowest BCUT2D eigenvalue weighted by Crippen LogP contribution is -2.60. The average Bonchev–Trinajstić information content (AvgIpc) is 2.54. The van der Waals surface area contributed by atoms with Crippen molar-refractivity contribution in [3.05, 3.63) is 23.3 Å². The summed E-state index contributed by atoms with van der Waals surface area (Å²) in [4.78, 5) is 36.0. The highest BCUT2D eigenvalue weighted by Gasteiger charge is 2.37. The first kappa shape index (κ1) is 19.9. The number of hydrogen-bond donors (Lipinski definition) is 5. The standard InChI is InChI=1S/C16H21BN3O8/c18-10(5-12(19)21)15(22)20-6-9(7-20)27-11-2-1-8-3-4-17(25,26)28-14(8)13(11)16(23)24/h1-2,9-10,25-26H,3-7,18H2,(H2,19,21)(H,23,24)/q-1. The third-order valence-corrected chi connectivity index (χ3v) is 4.70. The van der Waals surface area contributed by atoms with E-state index in [1.54, 1.807) is 6.07 Å². The average molecular weight is 394 g/mol. The summed E-state index contributed by atoms with van der Waals surface area (Å²) >= 11 is 0. The number of fused-ring (bicyclic) bond motifs is 1. The topological polar surface area (TPSA) is 186 Å². The summed E-state index contributed by atoms with van der Waals surface area (Å²) in [5.41, 5.74) is 10.9. The van der Waals surface area contributed by atoms with Gasteiger partial charge in [0.25, 0.3) is 0 Å². The summed E-state index contributed by atoms with van der Waals surface area (Å²) in [6, 6.07) is 2.05.